The Labute approximate surface area is 286 Å². The molecule has 0 radical (unpaired) electrons. The normalized spacial score (nSPS) is 24.3. The lowest BCUT2D eigenvalue weighted by atomic mass is 9.79. The molecule has 256 valence electrons. The van der Waals surface area contributed by atoms with E-state index in [4.69, 9.17) is 23.7 Å². The zero-order chi connectivity index (χ0) is 34.0. The lowest BCUT2D eigenvalue weighted by Gasteiger charge is -2.62. The number of ether oxygens (including phenoxy) is 5. The van der Waals surface area contributed by atoms with Gasteiger partial charge in [-0.2, -0.15) is 0 Å². The Bertz CT molecular complexity index is 1510. The smallest absolute Gasteiger partial charge is 0.184 e. The molecule has 5 atom stereocenters. The first-order chi connectivity index (χ1) is 23.4. The van der Waals surface area contributed by atoms with E-state index in [1.165, 1.54) is 0 Å². The maximum atomic E-state index is 13.6. The second-order valence-electron chi connectivity index (χ2n) is 12.5. The van der Waals surface area contributed by atoms with Crippen molar-refractivity contribution in [2.75, 3.05) is 13.7 Å². The Morgan fingerprint density at radius 3 is 1.67 bits per heavy atom. The Hall–Kier alpha value is -3.34. The van der Waals surface area contributed by atoms with Gasteiger partial charge in [-0.15, -0.1) is 0 Å². The number of hydrogen-bond acceptors (Lipinski definition) is 7. The summed E-state index contributed by atoms with van der Waals surface area (Å²) in [7, 11) is -1.15. The van der Waals surface area contributed by atoms with E-state index in [1.54, 1.807) is 7.11 Å². The highest BCUT2D eigenvalue weighted by molar-refractivity contribution is 6.82. The minimum absolute atomic E-state index is 0.159. The standard InChI is InChI=1S/C40H50O7Si/c1-5-48(6-2,7-3)40(42)39(34-21-15-10-16-22-34,46-30-33-23-25-35(43-4)26-24-33)38(45-29-32-19-13-9-14-20-32)37(36(27-41)47-40)44-28-31-17-11-8-12-18-31/h8-26,36-38,41-42H,5-7,27-30H2,1-4H3/t36-,37+,38+,39-,40+/m1/s1. The van der Waals surface area contributed by atoms with E-state index >= 15 is 0 Å². The fourth-order valence-corrected chi connectivity index (χ4v) is 11.8. The number of rotatable bonds is 16. The zero-order valence-corrected chi connectivity index (χ0v) is 29.6. The van der Waals surface area contributed by atoms with Gasteiger partial charge in [-0.25, -0.2) is 0 Å². The van der Waals surface area contributed by atoms with Crippen molar-refractivity contribution in [1.29, 1.82) is 0 Å². The van der Waals surface area contributed by atoms with Crippen LogP contribution in [0.4, 0.5) is 0 Å². The SMILES string of the molecule is CC[Si](CC)(CC)[C@@]1(O)O[C@H](CO)[C@H](OCc2ccccc2)[C@H](OCc2ccccc2)[C@]1(OCc1ccc(OC)cc1)c1ccccc1. The fraction of sp³-hybridized carbons (Fsp3) is 0.400. The lowest BCUT2D eigenvalue weighted by Crippen LogP contribution is -2.80. The van der Waals surface area contributed by atoms with Gasteiger partial charge in [0.1, 0.15) is 32.1 Å². The summed E-state index contributed by atoms with van der Waals surface area (Å²) in [4.78, 5) is 0. The van der Waals surface area contributed by atoms with Crippen LogP contribution in [0.25, 0.3) is 0 Å². The highest BCUT2D eigenvalue weighted by Gasteiger charge is 2.73. The number of aliphatic hydroxyl groups excluding tert-OH is 1. The van der Waals surface area contributed by atoms with Crippen molar-refractivity contribution in [3.05, 3.63) is 138 Å². The average molecular weight is 671 g/mol. The van der Waals surface area contributed by atoms with E-state index < -0.39 is 37.4 Å². The molecule has 2 N–H and O–H groups in total. The van der Waals surface area contributed by atoms with E-state index in [0.29, 0.717) is 0 Å². The molecule has 0 aromatic heterocycles. The molecule has 0 unspecified atom stereocenters. The van der Waals surface area contributed by atoms with Crippen molar-refractivity contribution in [1.82, 2.24) is 0 Å². The van der Waals surface area contributed by atoms with Crippen molar-refractivity contribution in [2.45, 2.75) is 88.0 Å². The van der Waals surface area contributed by atoms with Crippen LogP contribution in [0.2, 0.25) is 18.1 Å². The van der Waals surface area contributed by atoms with Crippen LogP contribution in [0.15, 0.2) is 115 Å². The summed E-state index contributed by atoms with van der Waals surface area (Å²) in [5, 5.41) is 24.6. The summed E-state index contributed by atoms with van der Waals surface area (Å²) in [5.74, 6) is 0.743. The van der Waals surface area contributed by atoms with Crippen LogP contribution >= 0.6 is 0 Å². The van der Waals surface area contributed by atoms with Gasteiger partial charge in [0.15, 0.2) is 11.0 Å². The van der Waals surface area contributed by atoms with Crippen LogP contribution < -0.4 is 4.74 Å². The topological polar surface area (TPSA) is 86.6 Å². The largest absolute Gasteiger partial charge is 0.497 e. The van der Waals surface area contributed by atoms with E-state index in [-0.39, 0.29) is 26.4 Å². The molecule has 1 heterocycles. The highest BCUT2D eigenvalue weighted by atomic mass is 28.3. The Kier molecular flexibility index (Phi) is 12.3. The molecule has 1 saturated heterocycles. The summed E-state index contributed by atoms with van der Waals surface area (Å²) < 4.78 is 33.4. The van der Waals surface area contributed by atoms with Crippen molar-refractivity contribution < 1.29 is 33.9 Å². The maximum absolute atomic E-state index is 13.6. The molecular weight excluding hydrogens is 621 g/mol. The van der Waals surface area contributed by atoms with Gasteiger partial charge in [0.2, 0.25) is 0 Å². The third kappa shape index (κ3) is 7.02. The van der Waals surface area contributed by atoms with Gasteiger partial charge in [0.05, 0.1) is 33.5 Å². The summed E-state index contributed by atoms with van der Waals surface area (Å²) in [6.07, 6.45) is -2.56. The maximum Gasteiger partial charge on any atom is 0.184 e. The Balaban J connectivity index is 1.73. The molecule has 0 saturated carbocycles. The number of benzene rings is 4. The number of hydrogen-bond donors (Lipinski definition) is 2. The molecular formula is C40H50O7Si. The van der Waals surface area contributed by atoms with Gasteiger partial charge < -0.3 is 33.9 Å². The van der Waals surface area contributed by atoms with Gasteiger partial charge in [0, 0.05) is 0 Å². The summed E-state index contributed by atoms with van der Waals surface area (Å²) >= 11 is 0. The first-order valence-electron chi connectivity index (χ1n) is 17.0. The molecule has 1 fully saturated rings. The first kappa shape index (κ1) is 36.0. The molecule has 7 nitrogen and oxygen atoms in total. The average Bonchev–Trinajstić information content (AvgIpc) is 3.15. The number of methoxy groups -OCH3 is 1. The van der Waals surface area contributed by atoms with Crippen LogP contribution in [0.3, 0.4) is 0 Å². The minimum Gasteiger partial charge on any atom is -0.497 e. The van der Waals surface area contributed by atoms with Crippen molar-refractivity contribution in [2.24, 2.45) is 0 Å². The molecule has 0 spiro atoms. The zero-order valence-electron chi connectivity index (χ0n) is 28.6. The molecule has 0 bridgehead atoms. The van der Waals surface area contributed by atoms with Crippen LogP contribution in [0, 0.1) is 0 Å². The van der Waals surface area contributed by atoms with Crippen LogP contribution in [0.5, 0.6) is 5.75 Å². The first-order valence-corrected chi connectivity index (χ1v) is 19.7. The van der Waals surface area contributed by atoms with E-state index in [9.17, 15) is 10.2 Å². The summed E-state index contributed by atoms with van der Waals surface area (Å²) in [5.41, 5.74) is 0.226. The quantitative estimate of drug-likeness (QED) is 0.120. The lowest BCUT2D eigenvalue weighted by molar-refractivity contribution is -0.388. The van der Waals surface area contributed by atoms with Crippen molar-refractivity contribution in [3.63, 3.8) is 0 Å². The summed E-state index contributed by atoms with van der Waals surface area (Å²) in [6.45, 7) is 6.69. The molecule has 1 aliphatic heterocycles. The Morgan fingerprint density at radius 1 is 0.667 bits per heavy atom. The molecule has 5 rings (SSSR count). The van der Waals surface area contributed by atoms with Gasteiger partial charge in [-0.3, -0.25) is 0 Å². The van der Waals surface area contributed by atoms with Gasteiger partial charge in [-0.1, -0.05) is 142 Å². The molecule has 1 aliphatic rings. The van der Waals surface area contributed by atoms with Crippen molar-refractivity contribution >= 4 is 8.07 Å². The van der Waals surface area contributed by atoms with Gasteiger partial charge >= 0.3 is 0 Å². The van der Waals surface area contributed by atoms with E-state index in [2.05, 4.69) is 20.8 Å². The predicted octanol–water partition coefficient (Wildman–Crippen LogP) is 7.41. The molecule has 0 amide bonds. The van der Waals surface area contributed by atoms with Crippen molar-refractivity contribution in [3.8, 4) is 5.75 Å². The summed E-state index contributed by atoms with van der Waals surface area (Å²) in [6, 6.07) is 39.6. The molecule has 4 aromatic carbocycles. The third-order valence-corrected chi connectivity index (χ3v) is 16.2. The van der Waals surface area contributed by atoms with E-state index in [0.717, 1.165) is 46.1 Å². The van der Waals surface area contributed by atoms with Crippen LogP contribution in [-0.2, 0) is 44.4 Å². The molecule has 0 aliphatic carbocycles. The predicted molar refractivity (Wildman–Crippen MR) is 190 cm³/mol. The van der Waals surface area contributed by atoms with Crippen LogP contribution in [0.1, 0.15) is 43.0 Å². The minimum atomic E-state index is -2.79. The highest BCUT2D eigenvalue weighted by Crippen LogP contribution is 2.55. The van der Waals surface area contributed by atoms with E-state index in [1.807, 2.05) is 115 Å². The van der Waals surface area contributed by atoms with Crippen LogP contribution in [-0.4, -0.2) is 55.7 Å². The molecule has 48 heavy (non-hydrogen) atoms. The fourth-order valence-electron chi connectivity index (χ4n) is 7.28. The third-order valence-electron chi connectivity index (χ3n) is 10.2. The van der Waals surface area contributed by atoms with Gasteiger partial charge in [0.25, 0.3) is 0 Å². The second kappa shape index (κ2) is 16.4. The Morgan fingerprint density at radius 2 is 1.17 bits per heavy atom. The van der Waals surface area contributed by atoms with Gasteiger partial charge in [-0.05, 0) is 34.4 Å². The monoisotopic (exact) mass is 670 g/mol. The second-order valence-corrected chi connectivity index (χ2v) is 17.9. The molecule has 8 heteroatoms. The molecule has 4 aromatic rings. The number of aliphatic hydroxyl groups is 2.